The molecule has 0 aliphatic rings. The highest BCUT2D eigenvalue weighted by atomic mass is 19.4. The summed E-state index contributed by atoms with van der Waals surface area (Å²) >= 11 is 0. The van der Waals surface area contributed by atoms with Gasteiger partial charge in [0, 0.05) is 6.42 Å². The molecule has 4 heteroatoms. The van der Waals surface area contributed by atoms with Crippen molar-refractivity contribution in [1.29, 1.82) is 0 Å². The quantitative estimate of drug-likeness (QED) is 0.595. The van der Waals surface area contributed by atoms with Gasteiger partial charge in [-0.3, -0.25) is 0 Å². The lowest BCUT2D eigenvalue weighted by Crippen LogP contribution is -2.21. The highest BCUT2D eigenvalue weighted by Crippen LogP contribution is 2.27. The Morgan fingerprint density at radius 3 is 2.00 bits per heavy atom. The Hall–Kier alpha value is -0.540. The van der Waals surface area contributed by atoms with Crippen LogP contribution in [0.3, 0.4) is 0 Å². The first kappa shape index (κ1) is 9.46. The van der Waals surface area contributed by atoms with E-state index in [0.29, 0.717) is 0 Å². The summed E-state index contributed by atoms with van der Waals surface area (Å²) in [6.07, 6.45) is -4.64. The first-order valence-corrected chi connectivity index (χ1v) is 2.90. The Balaban J connectivity index is 3.85. The monoisotopic (exact) mass is 154 g/mol. The maximum absolute atomic E-state index is 11.7. The van der Waals surface area contributed by atoms with E-state index in [1.807, 2.05) is 0 Å². The summed E-state index contributed by atoms with van der Waals surface area (Å²) in [7, 11) is 0. The van der Waals surface area contributed by atoms with Crippen LogP contribution < -0.4 is 0 Å². The van der Waals surface area contributed by atoms with Crippen molar-refractivity contribution < 1.29 is 18.0 Å². The topological polar surface area (TPSA) is 17.1 Å². The second-order valence-corrected chi connectivity index (χ2v) is 2.35. The zero-order valence-electron chi connectivity index (χ0n) is 5.83. The molecular weight excluding hydrogens is 145 g/mol. The van der Waals surface area contributed by atoms with Gasteiger partial charge in [-0.2, -0.15) is 13.2 Å². The van der Waals surface area contributed by atoms with E-state index in [9.17, 15) is 18.0 Å². The number of halogens is 3. The van der Waals surface area contributed by atoms with Crippen molar-refractivity contribution in [1.82, 2.24) is 0 Å². The van der Waals surface area contributed by atoms with Gasteiger partial charge >= 0.3 is 6.18 Å². The van der Waals surface area contributed by atoms with Crippen LogP contribution in [0, 0.1) is 5.92 Å². The van der Waals surface area contributed by atoms with E-state index < -0.39 is 24.3 Å². The smallest absolute Gasteiger partial charge is 0.300 e. The van der Waals surface area contributed by atoms with Crippen LogP contribution in [-0.2, 0) is 4.79 Å². The fourth-order valence-electron chi connectivity index (χ4n) is 0.547. The summed E-state index contributed by atoms with van der Waals surface area (Å²) in [6.45, 7) is 2.16. The Bertz CT molecular complexity index is 127. The third-order valence-electron chi connectivity index (χ3n) is 1.15. The Kier molecular flexibility index (Phi) is 2.87. The molecule has 0 aliphatic carbocycles. The molecule has 0 amide bonds. The third-order valence-corrected chi connectivity index (χ3v) is 1.15. The predicted molar refractivity (Wildman–Crippen MR) is 30.5 cm³/mol. The van der Waals surface area contributed by atoms with Crippen molar-refractivity contribution in [2.75, 3.05) is 0 Å². The number of rotatable bonds is 2. The molecule has 0 saturated heterocycles. The zero-order chi connectivity index (χ0) is 8.36. The van der Waals surface area contributed by atoms with Crippen LogP contribution >= 0.6 is 0 Å². The molecular formula is C6H9F3O. The van der Waals surface area contributed by atoms with Crippen molar-refractivity contribution >= 4 is 5.78 Å². The van der Waals surface area contributed by atoms with Gasteiger partial charge in [-0.15, -0.1) is 0 Å². The number of alkyl halides is 3. The number of hydrogen-bond donors (Lipinski definition) is 0. The van der Waals surface area contributed by atoms with E-state index in [1.54, 1.807) is 0 Å². The largest absolute Gasteiger partial charge is 0.391 e. The summed E-state index contributed by atoms with van der Waals surface area (Å²) in [4.78, 5) is 10.2. The molecule has 0 rings (SSSR count). The van der Waals surface area contributed by atoms with Crippen molar-refractivity contribution in [2.45, 2.75) is 26.4 Å². The van der Waals surface area contributed by atoms with E-state index >= 15 is 0 Å². The van der Waals surface area contributed by atoms with Gasteiger partial charge in [0.15, 0.2) is 0 Å². The van der Waals surface area contributed by atoms with Gasteiger partial charge in [0.25, 0.3) is 0 Å². The normalized spacial score (nSPS) is 14.9. The van der Waals surface area contributed by atoms with Crippen molar-refractivity contribution in [2.24, 2.45) is 5.92 Å². The summed E-state index contributed by atoms with van der Waals surface area (Å²) in [5.74, 6) is -1.94. The van der Waals surface area contributed by atoms with Gasteiger partial charge in [-0.25, -0.2) is 0 Å². The molecule has 0 aromatic rings. The molecule has 0 heterocycles. The number of ketones is 1. The van der Waals surface area contributed by atoms with Gasteiger partial charge in [0.2, 0.25) is 0 Å². The van der Waals surface area contributed by atoms with Crippen LogP contribution in [0.25, 0.3) is 0 Å². The second kappa shape index (κ2) is 3.03. The SMILES string of the molecule is CC(=O)CC(C)C(F)(F)F. The molecule has 1 unspecified atom stereocenters. The molecule has 60 valence electrons. The number of carbonyl (C=O) groups is 1. The van der Waals surface area contributed by atoms with Gasteiger partial charge in [0.05, 0.1) is 5.92 Å². The molecule has 0 fully saturated rings. The van der Waals surface area contributed by atoms with Crippen molar-refractivity contribution in [3.05, 3.63) is 0 Å². The summed E-state index contributed by atoms with van der Waals surface area (Å²) in [6, 6.07) is 0. The third kappa shape index (κ3) is 3.48. The van der Waals surface area contributed by atoms with E-state index in [4.69, 9.17) is 0 Å². The Labute approximate surface area is 57.2 Å². The molecule has 0 N–H and O–H groups in total. The second-order valence-electron chi connectivity index (χ2n) is 2.35. The Morgan fingerprint density at radius 1 is 1.50 bits per heavy atom. The van der Waals surface area contributed by atoms with Crippen LogP contribution in [-0.4, -0.2) is 12.0 Å². The molecule has 0 spiro atoms. The van der Waals surface area contributed by atoms with Crippen LogP contribution in [0.5, 0.6) is 0 Å². The fraction of sp³-hybridized carbons (Fsp3) is 0.833. The standard InChI is InChI=1S/C6H9F3O/c1-4(3-5(2)10)6(7,8)9/h4H,3H2,1-2H3. The number of carbonyl (C=O) groups excluding carboxylic acids is 1. The maximum Gasteiger partial charge on any atom is 0.391 e. The minimum Gasteiger partial charge on any atom is -0.300 e. The molecule has 0 radical (unpaired) electrons. The number of hydrogen-bond acceptors (Lipinski definition) is 1. The highest BCUT2D eigenvalue weighted by molar-refractivity contribution is 5.75. The molecule has 0 saturated carbocycles. The molecule has 0 aromatic heterocycles. The minimum absolute atomic E-state index is 0.413. The summed E-state index contributed by atoms with van der Waals surface area (Å²) in [5, 5.41) is 0. The maximum atomic E-state index is 11.7. The van der Waals surface area contributed by atoms with E-state index in [0.717, 1.165) is 13.8 Å². The molecule has 10 heavy (non-hydrogen) atoms. The van der Waals surface area contributed by atoms with E-state index in [-0.39, 0.29) is 0 Å². The van der Waals surface area contributed by atoms with Crippen molar-refractivity contribution in [3.63, 3.8) is 0 Å². The molecule has 1 atom stereocenters. The van der Waals surface area contributed by atoms with Crippen LogP contribution in [0.1, 0.15) is 20.3 Å². The van der Waals surface area contributed by atoms with Gasteiger partial charge in [0.1, 0.15) is 5.78 Å². The summed E-state index contributed by atoms with van der Waals surface area (Å²) in [5.41, 5.74) is 0. The fourth-order valence-corrected chi connectivity index (χ4v) is 0.547. The lowest BCUT2D eigenvalue weighted by Gasteiger charge is -2.12. The zero-order valence-corrected chi connectivity index (χ0v) is 5.83. The molecule has 0 bridgehead atoms. The average Bonchev–Trinajstić information content (AvgIpc) is 1.60. The van der Waals surface area contributed by atoms with Gasteiger partial charge in [-0.1, -0.05) is 6.92 Å². The van der Waals surface area contributed by atoms with E-state index in [2.05, 4.69) is 0 Å². The lowest BCUT2D eigenvalue weighted by atomic mass is 10.1. The molecule has 0 aromatic carbocycles. The van der Waals surface area contributed by atoms with Crippen molar-refractivity contribution in [3.8, 4) is 0 Å². The average molecular weight is 154 g/mol. The Morgan fingerprint density at radius 2 is 1.90 bits per heavy atom. The minimum atomic E-state index is -4.23. The first-order valence-electron chi connectivity index (χ1n) is 2.90. The lowest BCUT2D eigenvalue weighted by molar-refractivity contribution is -0.173. The predicted octanol–water partition coefficient (Wildman–Crippen LogP) is 2.16. The molecule has 0 aliphatic heterocycles. The van der Waals surface area contributed by atoms with Crippen LogP contribution in [0.4, 0.5) is 13.2 Å². The van der Waals surface area contributed by atoms with Gasteiger partial charge < -0.3 is 4.79 Å². The number of Topliss-reactive ketones (excluding diaryl/α,β-unsaturated/α-hetero) is 1. The van der Waals surface area contributed by atoms with Crippen LogP contribution in [0.15, 0.2) is 0 Å². The van der Waals surface area contributed by atoms with Gasteiger partial charge in [-0.05, 0) is 6.92 Å². The van der Waals surface area contributed by atoms with E-state index in [1.165, 1.54) is 0 Å². The highest BCUT2D eigenvalue weighted by Gasteiger charge is 2.36. The van der Waals surface area contributed by atoms with Crippen LogP contribution in [0.2, 0.25) is 0 Å². The molecule has 1 nitrogen and oxygen atoms in total. The summed E-state index contributed by atoms with van der Waals surface area (Å²) < 4.78 is 35.0. The first-order chi connectivity index (χ1) is 4.34.